The third kappa shape index (κ3) is 1.28. The predicted octanol–water partition coefficient (Wildman–Crippen LogP) is 1.53. The first kappa shape index (κ1) is 7.10. The van der Waals surface area contributed by atoms with Crippen molar-refractivity contribution in [3.05, 3.63) is 22.3 Å². The molecule has 1 N–H and O–H groups in total. The second-order valence-electron chi connectivity index (χ2n) is 1.65. The Labute approximate surface area is 67.0 Å². The van der Waals surface area contributed by atoms with Crippen LogP contribution in [0.15, 0.2) is 16.7 Å². The summed E-state index contributed by atoms with van der Waals surface area (Å²) in [5.74, 6) is 2.18. The molecule has 0 aliphatic rings. The maximum atomic E-state index is 9.01. The van der Waals surface area contributed by atoms with Gasteiger partial charge in [-0.15, -0.1) is 6.42 Å². The van der Waals surface area contributed by atoms with Gasteiger partial charge in [-0.2, -0.15) is 0 Å². The molecule has 10 heavy (non-hydrogen) atoms. The average molecular weight is 198 g/mol. The molecule has 0 saturated carbocycles. The van der Waals surface area contributed by atoms with Gasteiger partial charge in [0.1, 0.15) is 4.60 Å². The highest BCUT2D eigenvalue weighted by atomic mass is 79.9. The molecule has 1 rings (SSSR count). The van der Waals surface area contributed by atoms with Crippen LogP contribution in [0.4, 0.5) is 0 Å². The Hall–Kier alpha value is -1.01. The maximum absolute atomic E-state index is 9.01. The lowest BCUT2D eigenvalue weighted by molar-refractivity contribution is 0.450. The van der Waals surface area contributed by atoms with Crippen LogP contribution in [0.2, 0.25) is 0 Å². The van der Waals surface area contributed by atoms with Gasteiger partial charge in [0.2, 0.25) is 5.88 Å². The average Bonchev–Trinajstić information content (AvgIpc) is 1.88. The number of pyridine rings is 1. The summed E-state index contributed by atoms with van der Waals surface area (Å²) in [6, 6.07) is 3.29. The molecule has 0 aromatic carbocycles. The van der Waals surface area contributed by atoms with Crippen LogP contribution in [0.5, 0.6) is 5.88 Å². The van der Waals surface area contributed by atoms with Crippen molar-refractivity contribution in [3.63, 3.8) is 0 Å². The minimum Gasteiger partial charge on any atom is -0.492 e. The third-order valence-corrected chi connectivity index (χ3v) is 1.44. The van der Waals surface area contributed by atoms with Gasteiger partial charge in [-0.1, -0.05) is 5.92 Å². The molecule has 0 aliphatic carbocycles. The summed E-state index contributed by atoms with van der Waals surface area (Å²) < 4.78 is 0.573. The molecule has 0 fully saturated rings. The normalized spacial score (nSPS) is 8.80. The summed E-state index contributed by atoms with van der Waals surface area (Å²) in [6.07, 6.45) is 5.04. The molecule has 1 aromatic heterocycles. The van der Waals surface area contributed by atoms with Crippen molar-refractivity contribution in [2.75, 3.05) is 0 Å². The number of aromatic hydroxyl groups is 1. The minimum absolute atomic E-state index is 0.114. The van der Waals surface area contributed by atoms with Crippen LogP contribution < -0.4 is 0 Å². The SMILES string of the molecule is C#Cc1ccc(Br)nc1O. The van der Waals surface area contributed by atoms with E-state index in [1.807, 2.05) is 0 Å². The summed E-state index contributed by atoms with van der Waals surface area (Å²) in [5.41, 5.74) is 0.406. The van der Waals surface area contributed by atoms with E-state index in [9.17, 15) is 0 Å². The molecule has 2 nitrogen and oxygen atoms in total. The van der Waals surface area contributed by atoms with Crippen molar-refractivity contribution in [1.29, 1.82) is 0 Å². The van der Waals surface area contributed by atoms with E-state index in [2.05, 4.69) is 26.8 Å². The van der Waals surface area contributed by atoms with Gasteiger partial charge < -0.3 is 5.11 Å². The summed E-state index contributed by atoms with van der Waals surface area (Å²) >= 11 is 3.09. The topological polar surface area (TPSA) is 33.1 Å². The second kappa shape index (κ2) is 2.72. The molecule has 0 atom stereocenters. The van der Waals surface area contributed by atoms with Gasteiger partial charge in [-0.3, -0.25) is 0 Å². The first-order valence-electron chi connectivity index (χ1n) is 2.56. The standard InChI is InChI=1S/C7H4BrNO/c1-2-5-3-4-6(8)9-7(5)10/h1,3-4H,(H,9,10). The van der Waals surface area contributed by atoms with E-state index < -0.39 is 0 Å². The Morgan fingerprint density at radius 1 is 1.60 bits per heavy atom. The van der Waals surface area contributed by atoms with Gasteiger partial charge in [0.05, 0.1) is 5.56 Å². The number of terminal acetylenes is 1. The lowest BCUT2D eigenvalue weighted by atomic mass is 10.3. The number of hydrogen-bond acceptors (Lipinski definition) is 2. The molecular formula is C7H4BrNO. The van der Waals surface area contributed by atoms with Gasteiger partial charge in [0.15, 0.2) is 0 Å². The fraction of sp³-hybridized carbons (Fsp3) is 0. The first-order chi connectivity index (χ1) is 4.74. The van der Waals surface area contributed by atoms with E-state index >= 15 is 0 Å². The van der Waals surface area contributed by atoms with Crippen molar-refractivity contribution < 1.29 is 5.11 Å². The Balaban J connectivity index is 3.23. The predicted molar refractivity (Wildman–Crippen MR) is 41.5 cm³/mol. The van der Waals surface area contributed by atoms with E-state index in [1.165, 1.54) is 0 Å². The van der Waals surface area contributed by atoms with Crippen LogP contribution in [0.25, 0.3) is 0 Å². The molecule has 3 heteroatoms. The monoisotopic (exact) mass is 197 g/mol. The zero-order valence-electron chi connectivity index (χ0n) is 5.00. The fourth-order valence-electron chi connectivity index (χ4n) is 0.538. The van der Waals surface area contributed by atoms with Crippen LogP contribution in [0.1, 0.15) is 5.56 Å². The van der Waals surface area contributed by atoms with Gasteiger partial charge in [0, 0.05) is 0 Å². The Kier molecular flexibility index (Phi) is 1.93. The number of hydrogen-bond donors (Lipinski definition) is 1. The van der Waals surface area contributed by atoms with Crippen molar-refractivity contribution in [2.45, 2.75) is 0 Å². The summed E-state index contributed by atoms with van der Waals surface area (Å²) in [5, 5.41) is 9.01. The molecular weight excluding hydrogens is 194 g/mol. The maximum Gasteiger partial charge on any atom is 0.228 e. The molecule has 0 saturated heterocycles. The van der Waals surface area contributed by atoms with E-state index in [4.69, 9.17) is 11.5 Å². The van der Waals surface area contributed by atoms with Crippen molar-refractivity contribution in [2.24, 2.45) is 0 Å². The molecule has 1 heterocycles. The van der Waals surface area contributed by atoms with E-state index in [0.717, 1.165) is 0 Å². The largest absolute Gasteiger partial charge is 0.492 e. The van der Waals surface area contributed by atoms with E-state index in [1.54, 1.807) is 12.1 Å². The molecule has 0 radical (unpaired) electrons. The second-order valence-corrected chi connectivity index (χ2v) is 2.46. The molecule has 0 unspecified atom stereocenters. The van der Waals surface area contributed by atoms with Gasteiger partial charge >= 0.3 is 0 Å². The van der Waals surface area contributed by atoms with Crippen LogP contribution in [0, 0.1) is 12.3 Å². The quantitative estimate of drug-likeness (QED) is 0.506. The summed E-state index contributed by atoms with van der Waals surface area (Å²) in [4.78, 5) is 3.67. The van der Waals surface area contributed by atoms with Gasteiger partial charge in [-0.05, 0) is 28.1 Å². The smallest absolute Gasteiger partial charge is 0.228 e. The Morgan fingerprint density at radius 2 is 2.30 bits per heavy atom. The van der Waals surface area contributed by atoms with Crippen LogP contribution in [-0.4, -0.2) is 10.1 Å². The molecule has 0 amide bonds. The Bertz CT molecular complexity index is 290. The highest BCUT2D eigenvalue weighted by Gasteiger charge is 1.97. The lowest BCUT2D eigenvalue weighted by Gasteiger charge is -1.94. The highest BCUT2D eigenvalue weighted by Crippen LogP contribution is 2.15. The minimum atomic E-state index is -0.114. The Morgan fingerprint density at radius 3 is 2.80 bits per heavy atom. The molecule has 0 aliphatic heterocycles. The molecule has 1 aromatic rings. The van der Waals surface area contributed by atoms with Gasteiger partial charge in [0.25, 0.3) is 0 Å². The van der Waals surface area contributed by atoms with Crippen molar-refractivity contribution in [3.8, 4) is 18.2 Å². The molecule has 50 valence electrons. The highest BCUT2D eigenvalue weighted by molar-refractivity contribution is 9.10. The van der Waals surface area contributed by atoms with Crippen LogP contribution in [0.3, 0.4) is 0 Å². The van der Waals surface area contributed by atoms with Crippen molar-refractivity contribution in [1.82, 2.24) is 4.98 Å². The molecule has 0 spiro atoms. The summed E-state index contributed by atoms with van der Waals surface area (Å²) in [6.45, 7) is 0. The van der Waals surface area contributed by atoms with Gasteiger partial charge in [-0.25, -0.2) is 4.98 Å². The number of nitrogens with zero attached hydrogens (tertiary/aromatic N) is 1. The third-order valence-electron chi connectivity index (χ3n) is 0.997. The number of aromatic nitrogens is 1. The zero-order chi connectivity index (χ0) is 7.56. The number of halogens is 1. The van der Waals surface area contributed by atoms with E-state index in [0.29, 0.717) is 10.2 Å². The van der Waals surface area contributed by atoms with Crippen LogP contribution in [-0.2, 0) is 0 Å². The van der Waals surface area contributed by atoms with E-state index in [-0.39, 0.29) is 5.88 Å². The number of rotatable bonds is 0. The fourth-order valence-corrected chi connectivity index (χ4v) is 0.838. The zero-order valence-corrected chi connectivity index (χ0v) is 6.59. The van der Waals surface area contributed by atoms with Crippen molar-refractivity contribution >= 4 is 15.9 Å². The molecule has 0 bridgehead atoms. The summed E-state index contributed by atoms with van der Waals surface area (Å²) in [7, 11) is 0. The van der Waals surface area contributed by atoms with Crippen LogP contribution >= 0.6 is 15.9 Å². The lowest BCUT2D eigenvalue weighted by Crippen LogP contribution is -1.80. The first-order valence-corrected chi connectivity index (χ1v) is 3.35.